The van der Waals surface area contributed by atoms with Crippen molar-refractivity contribution in [2.75, 3.05) is 13.2 Å². The molecule has 4 atom stereocenters. The quantitative estimate of drug-likeness (QED) is 0.210. The number of ether oxygens (including phenoxy) is 1. The molecule has 86 valence electrons. The summed E-state index contributed by atoms with van der Waals surface area (Å²) in [4.78, 5) is 10.1. The van der Waals surface area contributed by atoms with Gasteiger partial charge in [0.25, 0.3) is 0 Å². The molecule has 0 aromatic carbocycles. The van der Waals surface area contributed by atoms with E-state index in [1.807, 2.05) is 0 Å². The maximum Gasteiger partial charge on any atom is 0.151 e. The minimum Gasteiger partial charge on any atom is -0.388 e. The predicted molar refractivity (Wildman–Crippen MR) is 49.7 cm³/mol. The molecule has 0 rings (SSSR count). The third-order valence-electron chi connectivity index (χ3n) is 1.71. The van der Waals surface area contributed by atoms with Crippen LogP contribution in [0.15, 0.2) is 0 Å². The number of hydrogen-bond donors (Lipinski definition) is 4. The predicted octanol–water partition coefficient (Wildman–Crippen LogP) is -2.72. The molecule has 0 heterocycles. The van der Waals surface area contributed by atoms with Crippen LogP contribution in [0.25, 0.3) is 0 Å². The van der Waals surface area contributed by atoms with E-state index in [4.69, 9.17) is 21.4 Å². The second-order valence-corrected chi connectivity index (χ2v) is 2.89. The highest BCUT2D eigenvalue weighted by Crippen LogP contribution is 2.04. The number of carbonyl (C=O) groups excluding carboxylic acids is 1. The van der Waals surface area contributed by atoms with E-state index in [-0.39, 0.29) is 19.5 Å². The van der Waals surface area contributed by atoms with Crippen LogP contribution in [0.3, 0.4) is 0 Å². The smallest absolute Gasteiger partial charge is 0.151 e. The Morgan fingerprint density at radius 3 is 2.33 bits per heavy atom. The van der Waals surface area contributed by atoms with Crippen LogP contribution in [0, 0.1) is 12.3 Å². The van der Waals surface area contributed by atoms with Gasteiger partial charge in [-0.2, -0.15) is 0 Å². The van der Waals surface area contributed by atoms with E-state index in [0.29, 0.717) is 0 Å². The maximum atomic E-state index is 10.1. The van der Waals surface area contributed by atoms with Crippen molar-refractivity contribution >= 4 is 6.29 Å². The summed E-state index contributed by atoms with van der Waals surface area (Å²) in [6.45, 7) is -0.343. The molecular formula is C9H14O6. The summed E-state index contributed by atoms with van der Waals surface area (Å²) < 4.78 is 4.70. The Hall–Kier alpha value is -0.970. The minimum atomic E-state index is -1.76. The molecule has 0 unspecified atom stereocenters. The van der Waals surface area contributed by atoms with Gasteiger partial charge in [-0.15, -0.1) is 6.42 Å². The van der Waals surface area contributed by atoms with Gasteiger partial charge in [0.1, 0.15) is 31.0 Å². The summed E-state index contributed by atoms with van der Waals surface area (Å²) in [5, 5.41) is 36.4. The number of aldehydes is 1. The van der Waals surface area contributed by atoms with Gasteiger partial charge in [-0.25, -0.2) is 0 Å². The number of aliphatic hydroxyl groups excluding tert-OH is 4. The second-order valence-electron chi connectivity index (χ2n) is 2.89. The molecule has 0 radical (unpaired) electrons. The van der Waals surface area contributed by atoms with Crippen LogP contribution in [0.1, 0.15) is 0 Å². The molecule has 0 aliphatic carbocycles. The number of rotatable bonds is 7. The molecule has 15 heavy (non-hydrogen) atoms. The summed E-state index contributed by atoms with van der Waals surface area (Å²) in [6.07, 6.45) is -1.69. The average Bonchev–Trinajstić information content (AvgIpc) is 2.26. The molecule has 0 amide bonds. The van der Waals surface area contributed by atoms with Crippen LogP contribution in [-0.4, -0.2) is 64.3 Å². The molecule has 0 spiro atoms. The van der Waals surface area contributed by atoms with Gasteiger partial charge < -0.3 is 30.0 Å². The first-order valence-electron chi connectivity index (χ1n) is 4.23. The highest BCUT2D eigenvalue weighted by atomic mass is 16.5. The molecular weight excluding hydrogens is 204 g/mol. The van der Waals surface area contributed by atoms with Crippen LogP contribution in [-0.2, 0) is 9.53 Å². The molecule has 0 saturated heterocycles. The van der Waals surface area contributed by atoms with Gasteiger partial charge in [-0.1, -0.05) is 5.92 Å². The summed E-state index contributed by atoms with van der Waals surface area (Å²) in [7, 11) is 0. The summed E-state index contributed by atoms with van der Waals surface area (Å²) in [5.41, 5.74) is 0. The van der Waals surface area contributed by atoms with Crippen molar-refractivity contribution in [1.82, 2.24) is 0 Å². The van der Waals surface area contributed by atoms with Crippen molar-refractivity contribution < 1.29 is 30.0 Å². The fraction of sp³-hybridized carbons (Fsp3) is 0.667. The summed E-state index contributed by atoms with van der Waals surface area (Å²) in [5.74, 6) is 2.14. The van der Waals surface area contributed by atoms with Crippen LogP contribution in [0.5, 0.6) is 0 Å². The SMILES string of the molecule is C#CCOC[C@@H](O)[C@@H](O)[C@H](O)[C@@H](O)C=O. The van der Waals surface area contributed by atoms with Gasteiger partial charge in [-0.05, 0) is 0 Å². The van der Waals surface area contributed by atoms with Gasteiger partial charge in [0.2, 0.25) is 0 Å². The van der Waals surface area contributed by atoms with Crippen molar-refractivity contribution in [2.24, 2.45) is 0 Å². The molecule has 0 aliphatic rings. The van der Waals surface area contributed by atoms with E-state index in [1.165, 1.54) is 0 Å². The first-order valence-corrected chi connectivity index (χ1v) is 4.23. The van der Waals surface area contributed by atoms with E-state index in [0.717, 1.165) is 0 Å². The Kier molecular flexibility index (Phi) is 6.86. The zero-order valence-corrected chi connectivity index (χ0v) is 7.98. The summed E-state index contributed by atoms with van der Waals surface area (Å²) in [6, 6.07) is 0. The van der Waals surface area contributed by atoms with E-state index in [9.17, 15) is 15.0 Å². The third kappa shape index (κ3) is 4.88. The van der Waals surface area contributed by atoms with Gasteiger partial charge in [0.05, 0.1) is 6.61 Å². The Morgan fingerprint density at radius 2 is 1.87 bits per heavy atom. The van der Waals surface area contributed by atoms with E-state index >= 15 is 0 Å². The second kappa shape index (κ2) is 7.34. The number of hydrogen-bond acceptors (Lipinski definition) is 6. The monoisotopic (exact) mass is 218 g/mol. The van der Waals surface area contributed by atoms with Crippen molar-refractivity contribution in [2.45, 2.75) is 24.4 Å². The van der Waals surface area contributed by atoms with Crippen molar-refractivity contribution in [1.29, 1.82) is 0 Å². The van der Waals surface area contributed by atoms with E-state index < -0.39 is 24.4 Å². The maximum absolute atomic E-state index is 10.1. The van der Waals surface area contributed by atoms with E-state index in [2.05, 4.69) is 5.92 Å². The molecule has 6 nitrogen and oxygen atoms in total. The Labute approximate surface area is 87.1 Å². The Balaban J connectivity index is 4.01. The highest BCUT2D eigenvalue weighted by Gasteiger charge is 2.30. The first-order chi connectivity index (χ1) is 7.04. The molecule has 0 fully saturated rings. The number of terminal acetylenes is 1. The fourth-order valence-corrected chi connectivity index (χ4v) is 0.847. The van der Waals surface area contributed by atoms with Crippen molar-refractivity contribution in [3.05, 3.63) is 0 Å². The minimum absolute atomic E-state index is 0.0455. The lowest BCUT2D eigenvalue weighted by Crippen LogP contribution is -2.46. The lowest BCUT2D eigenvalue weighted by molar-refractivity contribution is -0.138. The lowest BCUT2D eigenvalue weighted by atomic mass is 10.0. The summed E-state index contributed by atoms with van der Waals surface area (Å²) >= 11 is 0. The van der Waals surface area contributed by atoms with Gasteiger partial charge in [0.15, 0.2) is 6.29 Å². The van der Waals surface area contributed by atoms with Crippen molar-refractivity contribution in [3.8, 4) is 12.3 Å². The molecule has 6 heteroatoms. The molecule has 0 aromatic heterocycles. The van der Waals surface area contributed by atoms with Crippen molar-refractivity contribution in [3.63, 3.8) is 0 Å². The third-order valence-corrected chi connectivity index (χ3v) is 1.71. The molecule has 0 bridgehead atoms. The van der Waals surface area contributed by atoms with Gasteiger partial charge in [-0.3, -0.25) is 0 Å². The molecule has 4 N–H and O–H groups in total. The zero-order chi connectivity index (χ0) is 11.8. The highest BCUT2D eigenvalue weighted by molar-refractivity contribution is 5.56. The lowest BCUT2D eigenvalue weighted by Gasteiger charge is -2.23. The number of aliphatic hydroxyl groups is 4. The van der Waals surface area contributed by atoms with Crippen LogP contribution >= 0.6 is 0 Å². The number of carbonyl (C=O) groups is 1. The van der Waals surface area contributed by atoms with E-state index in [1.54, 1.807) is 0 Å². The van der Waals surface area contributed by atoms with Crippen LogP contribution in [0.2, 0.25) is 0 Å². The topological polar surface area (TPSA) is 107 Å². The van der Waals surface area contributed by atoms with Crippen LogP contribution in [0.4, 0.5) is 0 Å². The van der Waals surface area contributed by atoms with Gasteiger partial charge in [0, 0.05) is 0 Å². The average molecular weight is 218 g/mol. The standard InChI is InChI=1S/C9H14O6/c1-2-3-15-5-7(12)9(14)8(13)6(11)4-10/h1,4,6-9,11-14H,3,5H2/t6-,7+,8+,9+/m0/s1. The fourth-order valence-electron chi connectivity index (χ4n) is 0.847. The molecule has 0 aromatic rings. The molecule has 0 saturated carbocycles. The normalized spacial score (nSPS) is 18.6. The Morgan fingerprint density at radius 1 is 1.27 bits per heavy atom. The van der Waals surface area contributed by atoms with Crippen LogP contribution < -0.4 is 0 Å². The van der Waals surface area contributed by atoms with Gasteiger partial charge >= 0.3 is 0 Å². The Bertz CT molecular complexity index is 223. The largest absolute Gasteiger partial charge is 0.388 e. The zero-order valence-electron chi connectivity index (χ0n) is 7.98. The first kappa shape index (κ1) is 14.0. The molecule has 0 aliphatic heterocycles.